The largest absolute Gasteiger partial charge is 0.481 e. The fraction of sp³-hybridized carbons (Fsp3) is 0.125. The van der Waals surface area contributed by atoms with E-state index in [4.69, 9.17) is 16.7 Å². The predicted molar refractivity (Wildman–Crippen MR) is 78.7 cm³/mol. The highest BCUT2D eigenvalue weighted by molar-refractivity contribution is 6.63. The van der Waals surface area contributed by atoms with Crippen molar-refractivity contribution in [1.82, 2.24) is 0 Å². The molecule has 0 amide bonds. The number of rotatable bonds is 4. The summed E-state index contributed by atoms with van der Waals surface area (Å²) >= 11 is 5.12. The van der Waals surface area contributed by atoms with Gasteiger partial charge in [-0.15, -0.1) is 0 Å². The van der Waals surface area contributed by atoms with Crippen LogP contribution in [0.2, 0.25) is 0 Å². The molecule has 0 aliphatic rings. The van der Waals surface area contributed by atoms with Crippen LogP contribution in [-0.2, 0) is 22.4 Å². The van der Waals surface area contributed by atoms with Crippen LogP contribution in [0, 0.1) is 11.6 Å². The van der Waals surface area contributed by atoms with Crippen LogP contribution in [0.15, 0.2) is 48.5 Å². The van der Waals surface area contributed by atoms with Crippen LogP contribution in [0.1, 0.15) is 11.1 Å². The van der Waals surface area contributed by atoms with Gasteiger partial charge >= 0.3 is 5.97 Å². The molecule has 0 bridgehead atoms. The lowest BCUT2D eigenvalue weighted by molar-refractivity contribution is -0.136. The molecule has 0 spiro atoms. The summed E-state index contributed by atoms with van der Waals surface area (Å²) in [5.41, 5.74) is 1.34. The third-order valence-corrected chi connectivity index (χ3v) is 2.66. The minimum absolute atomic E-state index is 0.0553. The lowest BCUT2D eigenvalue weighted by Gasteiger charge is -1.94. The van der Waals surface area contributed by atoms with Crippen molar-refractivity contribution in [1.29, 1.82) is 0 Å². The van der Waals surface area contributed by atoms with Gasteiger partial charge in [0, 0.05) is 6.42 Å². The first-order valence-electron chi connectivity index (χ1n) is 6.26. The maximum atomic E-state index is 12.3. The van der Waals surface area contributed by atoms with Crippen molar-refractivity contribution in [2.45, 2.75) is 12.8 Å². The molecule has 1 N–H and O–H groups in total. The summed E-state index contributed by atoms with van der Waals surface area (Å²) in [5.74, 6) is -1.56. The van der Waals surface area contributed by atoms with E-state index >= 15 is 0 Å². The Hall–Kier alpha value is -2.27. The van der Waals surface area contributed by atoms with Crippen molar-refractivity contribution in [3.05, 3.63) is 71.3 Å². The number of hydrogen-bond donors (Lipinski definition) is 1. The van der Waals surface area contributed by atoms with E-state index in [1.165, 1.54) is 48.5 Å². The van der Waals surface area contributed by atoms with E-state index < -0.39 is 11.2 Å². The SMILES string of the molecule is O=C(Cl)Cc1ccc(F)cc1.O=C(O)Cc1ccc(F)cc1. The van der Waals surface area contributed by atoms with E-state index in [9.17, 15) is 18.4 Å². The van der Waals surface area contributed by atoms with Gasteiger partial charge in [0.1, 0.15) is 11.6 Å². The summed E-state index contributed by atoms with van der Waals surface area (Å²) in [6.45, 7) is 0. The molecule has 0 unspecified atom stereocenters. The number of carbonyl (C=O) groups excluding carboxylic acids is 1. The highest BCUT2D eigenvalue weighted by Gasteiger charge is 1.99. The molecule has 2 aromatic rings. The Kier molecular flexibility index (Phi) is 7.19. The molecule has 0 radical (unpaired) electrons. The van der Waals surface area contributed by atoms with Gasteiger partial charge in [0.2, 0.25) is 5.24 Å². The molecule has 3 nitrogen and oxygen atoms in total. The van der Waals surface area contributed by atoms with Gasteiger partial charge in [-0.25, -0.2) is 8.78 Å². The van der Waals surface area contributed by atoms with Crippen molar-refractivity contribution in [2.24, 2.45) is 0 Å². The van der Waals surface area contributed by atoms with Crippen molar-refractivity contribution < 1.29 is 23.5 Å². The first-order valence-corrected chi connectivity index (χ1v) is 6.63. The Balaban J connectivity index is 0.000000220. The Morgan fingerprint density at radius 3 is 1.50 bits per heavy atom. The number of benzene rings is 2. The van der Waals surface area contributed by atoms with Crippen molar-refractivity contribution >= 4 is 22.8 Å². The van der Waals surface area contributed by atoms with Gasteiger partial charge in [-0.3, -0.25) is 9.59 Å². The number of hydrogen-bond acceptors (Lipinski definition) is 2. The summed E-state index contributed by atoms with van der Waals surface area (Å²) in [4.78, 5) is 20.5. The fourth-order valence-electron chi connectivity index (χ4n) is 1.54. The summed E-state index contributed by atoms with van der Waals surface area (Å²) in [5, 5.41) is 7.91. The second-order valence-electron chi connectivity index (χ2n) is 4.36. The average Bonchev–Trinajstić information content (AvgIpc) is 2.44. The highest BCUT2D eigenvalue weighted by atomic mass is 35.5. The van der Waals surface area contributed by atoms with Crippen LogP contribution < -0.4 is 0 Å². The van der Waals surface area contributed by atoms with Crippen LogP contribution in [0.25, 0.3) is 0 Å². The molecule has 22 heavy (non-hydrogen) atoms. The monoisotopic (exact) mass is 326 g/mol. The number of halogens is 3. The highest BCUT2D eigenvalue weighted by Crippen LogP contribution is 2.04. The molecule has 0 saturated heterocycles. The van der Waals surface area contributed by atoms with Gasteiger partial charge < -0.3 is 5.11 Å². The maximum Gasteiger partial charge on any atom is 0.307 e. The lowest BCUT2D eigenvalue weighted by atomic mass is 10.1. The first-order chi connectivity index (χ1) is 10.4. The molecule has 2 rings (SSSR count). The second-order valence-corrected chi connectivity index (χ2v) is 4.78. The molecule has 0 atom stereocenters. The fourth-order valence-corrected chi connectivity index (χ4v) is 1.69. The molecule has 0 aliphatic carbocycles. The Bertz CT molecular complexity index is 567. The van der Waals surface area contributed by atoms with Crippen LogP contribution in [0.3, 0.4) is 0 Å². The topological polar surface area (TPSA) is 54.4 Å². The maximum absolute atomic E-state index is 12.3. The van der Waals surface area contributed by atoms with Crippen LogP contribution in [-0.4, -0.2) is 16.3 Å². The zero-order valence-electron chi connectivity index (χ0n) is 11.4. The molecule has 116 valence electrons. The van der Waals surface area contributed by atoms with Gasteiger partial charge in [-0.05, 0) is 47.0 Å². The molecule has 0 saturated carbocycles. The van der Waals surface area contributed by atoms with E-state index in [1.807, 2.05) is 0 Å². The van der Waals surface area contributed by atoms with Crippen molar-refractivity contribution in [2.75, 3.05) is 0 Å². The van der Waals surface area contributed by atoms with Crippen LogP contribution in [0.4, 0.5) is 8.78 Å². The summed E-state index contributed by atoms with van der Waals surface area (Å²) in [7, 11) is 0. The van der Waals surface area contributed by atoms with E-state index in [2.05, 4.69) is 0 Å². The molecule has 2 aromatic carbocycles. The molecule has 0 heterocycles. The number of carboxylic acid groups (broad SMARTS) is 1. The van der Waals surface area contributed by atoms with Crippen molar-refractivity contribution in [3.8, 4) is 0 Å². The molecule has 6 heteroatoms. The number of aliphatic carboxylic acids is 1. The Labute approximate surface area is 131 Å². The average molecular weight is 327 g/mol. The third-order valence-electron chi connectivity index (χ3n) is 2.52. The van der Waals surface area contributed by atoms with Crippen LogP contribution in [0.5, 0.6) is 0 Å². The quantitative estimate of drug-likeness (QED) is 0.874. The standard InChI is InChI=1S/C8H6ClFO.C8H7FO2/c9-8(11)5-6-1-3-7(10)4-2-6;9-7-3-1-6(2-4-7)5-8(10)11/h1-4H,5H2;1-4H,5H2,(H,10,11). The Morgan fingerprint density at radius 1 is 0.818 bits per heavy atom. The normalized spacial score (nSPS) is 9.59. The van der Waals surface area contributed by atoms with Gasteiger partial charge in [0.25, 0.3) is 0 Å². The molecule has 0 aliphatic heterocycles. The second kappa shape index (κ2) is 8.89. The number of carbonyl (C=O) groups is 2. The Morgan fingerprint density at radius 2 is 1.18 bits per heavy atom. The van der Waals surface area contributed by atoms with E-state index in [-0.39, 0.29) is 24.5 Å². The van der Waals surface area contributed by atoms with Gasteiger partial charge in [-0.2, -0.15) is 0 Å². The molecular weight excluding hydrogens is 314 g/mol. The zero-order chi connectivity index (χ0) is 16.5. The van der Waals surface area contributed by atoms with Gasteiger partial charge in [0.15, 0.2) is 0 Å². The van der Waals surface area contributed by atoms with E-state index in [1.54, 1.807) is 0 Å². The first kappa shape index (κ1) is 17.8. The lowest BCUT2D eigenvalue weighted by Crippen LogP contribution is -1.99. The van der Waals surface area contributed by atoms with Gasteiger partial charge in [-0.1, -0.05) is 24.3 Å². The summed E-state index contributed by atoms with van der Waals surface area (Å²) in [6.07, 6.45) is 0.0993. The minimum atomic E-state index is -0.906. The summed E-state index contributed by atoms with van der Waals surface area (Å²) in [6, 6.07) is 11.1. The van der Waals surface area contributed by atoms with E-state index in [0.29, 0.717) is 5.56 Å². The minimum Gasteiger partial charge on any atom is -0.481 e. The molecule has 0 aromatic heterocycles. The zero-order valence-corrected chi connectivity index (χ0v) is 12.2. The van der Waals surface area contributed by atoms with Gasteiger partial charge in [0.05, 0.1) is 6.42 Å². The molecular formula is C16H13ClF2O3. The van der Waals surface area contributed by atoms with E-state index in [0.717, 1.165) is 5.56 Å². The predicted octanol–water partition coefficient (Wildman–Crippen LogP) is 3.59. The summed E-state index contributed by atoms with van der Waals surface area (Å²) < 4.78 is 24.6. The van der Waals surface area contributed by atoms with Crippen LogP contribution >= 0.6 is 11.6 Å². The third kappa shape index (κ3) is 7.50. The smallest absolute Gasteiger partial charge is 0.307 e. The van der Waals surface area contributed by atoms with Crippen molar-refractivity contribution in [3.63, 3.8) is 0 Å². The number of carboxylic acids is 1. The molecule has 0 fully saturated rings.